The van der Waals surface area contributed by atoms with E-state index in [-0.39, 0.29) is 49.7 Å². The number of esters is 1. The summed E-state index contributed by atoms with van der Waals surface area (Å²) in [5, 5.41) is 9.49. The molecule has 1 atom stereocenters. The molecule has 0 fully saturated rings. The van der Waals surface area contributed by atoms with Gasteiger partial charge in [0.2, 0.25) is 0 Å². The van der Waals surface area contributed by atoms with Gasteiger partial charge < -0.3 is 19.5 Å². The lowest BCUT2D eigenvalue weighted by atomic mass is 10.0. The van der Waals surface area contributed by atoms with E-state index in [1.54, 1.807) is 56.0 Å². The third-order valence-electron chi connectivity index (χ3n) is 7.90. The first-order valence-corrected chi connectivity index (χ1v) is 15.6. The minimum absolute atomic E-state index is 0.0678. The van der Waals surface area contributed by atoms with Crippen molar-refractivity contribution in [3.8, 4) is 34.0 Å². The largest absolute Gasteiger partial charge is 0.497 e. The van der Waals surface area contributed by atoms with E-state index in [2.05, 4.69) is 5.32 Å². The Balaban J connectivity index is 1.54. The number of aromatic nitrogens is 2. The molecule has 5 aromatic rings. The fourth-order valence-corrected chi connectivity index (χ4v) is 5.40. The minimum atomic E-state index is -4.55. The lowest BCUT2D eigenvalue weighted by molar-refractivity contribution is -0.143. The maximum Gasteiger partial charge on any atom is 0.416 e. The molecule has 0 radical (unpaired) electrons. The monoisotopic (exact) mass is 659 g/mol. The van der Waals surface area contributed by atoms with Gasteiger partial charge in [-0.25, -0.2) is 0 Å². The lowest BCUT2D eigenvalue weighted by Crippen LogP contribution is -2.26. The molecule has 1 aromatic heterocycles. The van der Waals surface area contributed by atoms with Crippen LogP contribution < -0.4 is 14.8 Å². The second kappa shape index (κ2) is 14.6. The van der Waals surface area contributed by atoms with E-state index in [1.807, 2.05) is 43.3 Å². The zero-order valence-corrected chi connectivity index (χ0v) is 27.1. The van der Waals surface area contributed by atoms with Crippen LogP contribution in [0.25, 0.3) is 33.3 Å². The van der Waals surface area contributed by atoms with Crippen molar-refractivity contribution in [1.82, 2.24) is 15.1 Å². The number of amides is 1. The van der Waals surface area contributed by atoms with Crippen molar-refractivity contribution in [1.29, 1.82) is 0 Å². The summed E-state index contributed by atoms with van der Waals surface area (Å²) in [6, 6.07) is 23.4. The van der Waals surface area contributed by atoms with Gasteiger partial charge in [-0.1, -0.05) is 30.3 Å². The van der Waals surface area contributed by atoms with E-state index in [1.165, 1.54) is 6.07 Å². The Morgan fingerprint density at radius 2 is 1.62 bits per heavy atom. The summed E-state index contributed by atoms with van der Waals surface area (Å²) in [7, 11) is 1.60. The summed E-state index contributed by atoms with van der Waals surface area (Å²) in [4.78, 5) is 24.3. The number of hydrogen-bond donors (Lipinski definition) is 1. The van der Waals surface area contributed by atoms with Crippen molar-refractivity contribution in [2.75, 3.05) is 26.9 Å². The summed E-state index contributed by atoms with van der Waals surface area (Å²) in [6.45, 7) is 6.09. The highest BCUT2D eigenvalue weighted by Gasteiger charge is 2.32. The quantitative estimate of drug-likeness (QED) is 0.136. The van der Waals surface area contributed by atoms with Crippen molar-refractivity contribution in [2.45, 2.75) is 39.4 Å². The number of fused-ring (bicyclic) bond motifs is 1. The zero-order valence-electron chi connectivity index (χ0n) is 27.1. The molecule has 8 nitrogen and oxygen atoms in total. The second-order valence-electron chi connectivity index (χ2n) is 11.0. The van der Waals surface area contributed by atoms with Crippen LogP contribution in [-0.2, 0) is 15.7 Å². The third-order valence-corrected chi connectivity index (χ3v) is 7.90. The first-order valence-electron chi connectivity index (χ1n) is 15.6. The molecule has 1 heterocycles. The molecule has 250 valence electrons. The molecule has 5 rings (SSSR count). The molecule has 4 aromatic carbocycles. The maximum atomic E-state index is 13.8. The second-order valence-corrected chi connectivity index (χ2v) is 11.0. The Morgan fingerprint density at radius 3 is 2.31 bits per heavy atom. The highest BCUT2D eigenvalue weighted by Crippen LogP contribution is 2.39. The summed E-state index contributed by atoms with van der Waals surface area (Å²) in [5.41, 5.74) is 2.44. The number of hydrogen-bond acceptors (Lipinski definition) is 6. The van der Waals surface area contributed by atoms with Gasteiger partial charge in [-0.2, -0.15) is 18.3 Å². The van der Waals surface area contributed by atoms with Gasteiger partial charge in [0, 0.05) is 23.2 Å². The SMILES string of the molecule is CCOC(=O)CCNC(=O)c1ccc([C@H](C)n2nc(-c3cc(C(F)(F)F)ccc3OCC)cc2-c2ccc3cc(OC)ccc3c2)cc1. The number of benzene rings is 4. The average molecular weight is 660 g/mol. The smallest absolute Gasteiger partial charge is 0.416 e. The number of rotatable bonds is 12. The third kappa shape index (κ3) is 7.62. The van der Waals surface area contributed by atoms with Gasteiger partial charge in [0.1, 0.15) is 11.5 Å². The molecule has 0 aliphatic rings. The van der Waals surface area contributed by atoms with Crippen molar-refractivity contribution in [3.63, 3.8) is 0 Å². The molecule has 1 amide bonds. The van der Waals surface area contributed by atoms with E-state index in [9.17, 15) is 22.8 Å². The van der Waals surface area contributed by atoms with Crippen molar-refractivity contribution in [3.05, 3.63) is 102 Å². The summed E-state index contributed by atoms with van der Waals surface area (Å²) >= 11 is 0. The predicted octanol–water partition coefficient (Wildman–Crippen LogP) is 8.09. The first kappa shape index (κ1) is 34.0. The van der Waals surface area contributed by atoms with Crippen LogP contribution in [0, 0.1) is 0 Å². The molecule has 11 heteroatoms. The fourth-order valence-electron chi connectivity index (χ4n) is 5.40. The number of nitrogens with zero attached hydrogens (tertiary/aromatic N) is 2. The van der Waals surface area contributed by atoms with Crippen molar-refractivity contribution in [2.24, 2.45) is 0 Å². The van der Waals surface area contributed by atoms with Crippen LogP contribution in [-0.4, -0.2) is 48.5 Å². The van der Waals surface area contributed by atoms with Crippen LogP contribution in [0.5, 0.6) is 11.5 Å². The van der Waals surface area contributed by atoms with Crippen molar-refractivity contribution >= 4 is 22.6 Å². The molecule has 0 spiro atoms. The first-order chi connectivity index (χ1) is 23.0. The average Bonchev–Trinajstić information content (AvgIpc) is 3.53. The molecule has 0 saturated carbocycles. The molecule has 48 heavy (non-hydrogen) atoms. The van der Waals surface area contributed by atoms with Crippen LogP contribution >= 0.6 is 0 Å². The van der Waals surface area contributed by atoms with Gasteiger partial charge in [-0.15, -0.1) is 0 Å². The van der Waals surface area contributed by atoms with Crippen LogP contribution in [0.15, 0.2) is 84.9 Å². The van der Waals surface area contributed by atoms with E-state index in [4.69, 9.17) is 19.3 Å². The highest BCUT2D eigenvalue weighted by atomic mass is 19.4. The zero-order chi connectivity index (χ0) is 34.4. The summed E-state index contributed by atoms with van der Waals surface area (Å²) in [5.74, 6) is 0.293. The number of methoxy groups -OCH3 is 1. The Kier molecular flexibility index (Phi) is 10.4. The number of carbonyl (C=O) groups is 2. The van der Waals surface area contributed by atoms with E-state index >= 15 is 0 Å². The minimum Gasteiger partial charge on any atom is -0.497 e. The normalized spacial score (nSPS) is 12.1. The summed E-state index contributed by atoms with van der Waals surface area (Å²) in [6.07, 6.45) is -4.48. The van der Waals surface area contributed by atoms with Crippen molar-refractivity contribution < 1.29 is 37.0 Å². The van der Waals surface area contributed by atoms with Gasteiger partial charge in [0.05, 0.1) is 49.7 Å². The van der Waals surface area contributed by atoms with Gasteiger partial charge in [0.15, 0.2) is 0 Å². The molecular weight excluding hydrogens is 623 g/mol. The van der Waals surface area contributed by atoms with Gasteiger partial charge in [-0.05, 0) is 91.7 Å². The van der Waals surface area contributed by atoms with Gasteiger partial charge >= 0.3 is 12.1 Å². The molecule has 0 aliphatic carbocycles. The molecule has 0 saturated heterocycles. The molecule has 0 bridgehead atoms. The molecule has 0 aliphatic heterocycles. The molecular formula is C37H36F3N3O5. The number of carbonyl (C=O) groups excluding carboxylic acids is 2. The Hall–Kier alpha value is -5.32. The van der Waals surface area contributed by atoms with Gasteiger partial charge in [-0.3, -0.25) is 14.3 Å². The predicted molar refractivity (Wildman–Crippen MR) is 177 cm³/mol. The summed E-state index contributed by atoms with van der Waals surface area (Å²) < 4.78 is 59.2. The highest BCUT2D eigenvalue weighted by molar-refractivity contribution is 5.94. The molecule has 1 N–H and O–H groups in total. The lowest BCUT2D eigenvalue weighted by Gasteiger charge is -2.17. The topological polar surface area (TPSA) is 91.7 Å². The van der Waals surface area contributed by atoms with Crippen LogP contribution in [0.3, 0.4) is 0 Å². The fraction of sp³-hybridized carbons (Fsp3) is 0.270. The number of ether oxygens (including phenoxy) is 3. The van der Waals surface area contributed by atoms with Gasteiger partial charge in [0.25, 0.3) is 5.91 Å². The maximum absolute atomic E-state index is 13.8. The standard InChI is InChI=1S/C37H36F3N3O5/c1-5-47-34-16-14-29(37(38,39)40)21-31(34)32-22-33(28-12-11-27-20-30(46-4)15-13-26(27)19-28)43(42-32)23(3)24-7-9-25(10-8-24)36(45)41-18-17-35(44)48-6-2/h7-16,19-23H,5-6,17-18H2,1-4H3,(H,41,45)/t23-/m0/s1. The Labute approximate surface area is 276 Å². The van der Waals surface area contributed by atoms with E-state index in [0.29, 0.717) is 22.7 Å². The van der Waals surface area contributed by atoms with E-state index < -0.39 is 11.7 Å². The van der Waals surface area contributed by atoms with Crippen LogP contribution in [0.1, 0.15) is 54.7 Å². The van der Waals surface area contributed by atoms with Crippen LogP contribution in [0.2, 0.25) is 0 Å². The Bertz CT molecular complexity index is 1920. The Morgan fingerprint density at radius 1 is 0.896 bits per heavy atom. The van der Waals surface area contributed by atoms with E-state index in [0.717, 1.165) is 39.8 Å². The molecule has 0 unspecified atom stereocenters. The number of alkyl halides is 3. The number of nitrogens with one attached hydrogen (secondary N) is 1. The van der Waals surface area contributed by atoms with Crippen LogP contribution in [0.4, 0.5) is 13.2 Å². The number of halogens is 3.